The maximum atomic E-state index is 14.9. The van der Waals surface area contributed by atoms with Gasteiger partial charge in [0.25, 0.3) is 0 Å². The number of amides is 6. The van der Waals surface area contributed by atoms with Gasteiger partial charge in [0.15, 0.2) is 17.7 Å². The van der Waals surface area contributed by atoms with Crippen LogP contribution in [-0.2, 0) is 62.4 Å². The Bertz CT molecular complexity index is 2790. The molecule has 2 aromatic carbocycles. The number of aliphatic imine (C=N–C) groups is 2. The monoisotopic (exact) mass is 1100 g/mol. The molecule has 0 aliphatic carbocycles. The lowest BCUT2D eigenvalue weighted by molar-refractivity contribution is -0.135. The summed E-state index contributed by atoms with van der Waals surface area (Å²) in [5, 5.41) is 14.7. The molecule has 1 aliphatic rings. The van der Waals surface area contributed by atoms with Gasteiger partial charge in [-0.25, -0.2) is 4.98 Å². The van der Waals surface area contributed by atoms with Crippen LogP contribution >= 0.6 is 11.6 Å². The molecule has 0 spiro atoms. The van der Waals surface area contributed by atoms with E-state index in [0.29, 0.717) is 16.8 Å². The third-order valence-electron chi connectivity index (χ3n) is 13.4. The van der Waals surface area contributed by atoms with Crippen LogP contribution in [-0.4, -0.2) is 123 Å². The minimum absolute atomic E-state index is 0.0189. The van der Waals surface area contributed by atoms with Crippen LogP contribution in [0.1, 0.15) is 101 Å². The van der Waals surface area contributed by atoms with Crippen molar-refractivity contribution in [2.45, 2.75) is 133 Å². The lowest BCUT2D eigenvalue weighted by Crippen LogP contribution is -2.58. The van der Waals surface area contributed by atoms with Gasteiger partial charge in [0.1, 0.15) is 35.7 Å². The highest BCUT2D eigenvalue weighted by molar-refractivity contribution is 6.31. The van der Waals surface area contributed by atoms with E-state index in [1.54, 1.807) is 30.5 Å². The predicted octanol–water partition coefficient (Wildman–Crippen LogP) is 0.683. The lowest BCUT2D eigenvalue weighted by atomic mass is 9.83. The molecule has 0 saturated carbocycles. The highest BCUT2D eigenvalue weighted by atomic mass is 35.5. The highest BCUT2D eigenvalue weighted by Crippen LogP contribution is 2.27. The first-order chi connectivity index (χ1) is 37.3. The third kappa shape index (κ3) is 19.8. The minimum atomic E-state index is -1.41. The average molecular weight is 1100 g/mol. The maximum absolute atomic E-state index is 14.9. The van der Waals surface area contributed by atoms with Crippen molar-refractivity contribution in [2.24, 2.45) is 50.5 Å². The van der Waals surface area contributed by atoms with Gasteiger partial charge in [-0.3, -0.25) is 53.1 Å². The number of ketones is 3. The number of nitrogens with one attached hydrogen (secondary N) is 7. The fourth-order valence-corrected chi connectivity index (χ4v) is 9.49. The quantitative estimate of drug-likeness (QED) is 0.0371. The first kappa shape index (κ1) is 60.7. The summed E-state index contributed by atoms with van der Waals surface area (Å²) in [5.41, 5.74) is 30.4. The number of aromatic nitrogens is 3. The smallest absolute Gasteiger partial charge is 0.243 e. The fourth-order valence-electron chi connectivity index (χ4n) is 9.28. The van der Waals surface area contributed by atoms with Crippen molar-refractivity contribution in [3.05, 3.63) is 89.1 Å². The molecule has 5 rings (SSSR count). The number of carbonyl (C=O) groups is 9. The Hall–Kier alpha value is -8.15. The topological polar surface area (TPSA) is 413 Å². The molecule has 0 radical (unpaired) electrons. The van der Waals surface area contributed by atoms with E-state index < -0.39 is 102 Å². The van der Waals surface area contributed by atoms with Crippen LogP contribution in [0.5, 0.6) is 0 Å². The Balaban J connectivity index is 1.56. The molecule has 17 N–H and O–H groups in total. The van der Waals surface area contributed by atoms with Crippen LogP contribution < -0.4 is 55.3 Å². The zero-order valence-corrected chi connectivity index (χ0v) is 44.4. The Morgan fingerprint density at radius 2 is 1.42 bits per heavy atom. The molecule has 0 bridgehead atoms. The molecule has 24 nitrogen and oxygen atoms in total. The molecule has 420 valence electrons. The van der Waals surface area contributed by atoms with Crippen LogP contribution in [0.15, 0.2) is 77.2 Å². The summed E-state index contributed by atoms with van der Waals surface area (Å²) in [5.74, 6) is -8.31. The fraction of sp³-hybridized carbons (Fsp3) is 0.472. The van der Waals surface area contributed by atoms with Gasteiger partial charge in [-0.2, -0.15) is 0 Å². The number of H-pyrrole nitrogens is 2. The highest BCUT2D eigenvalue weighted by Gasteiger charge is 2.35. The minimum Gasteiger partial charge on any atom is -0.370 e. The van der Waals surface area contributed by atoms with Gasteiger partial charge in [0.2, 0.25) is 35.4 Å². The van der Waals surface area contributed by atoms with Gasteiger partial charge in [0, 0.05) is 104 Å². The number of aromatic amines is 2. The molecule has 25 heteroatoms. The van der Waals surface area contributed by atoms with Crippen molar-refractivity contribution in [2.75, 3.05) is 13.1 Å². The number of rotatable bonds is 18. The number of hydrogen-bond acceptors (Lipinski definition) is 12. The summed E-state index contributed by atoms with van der Waals surface area (Å²) >= 11 is 6.65. The van der Waals surface area contributed by atoms with Gasteiger partial charge >= 0.3 is 0 Å². The molecule has 3 heterocycles. The lowest BCUT2D eigenvalue weighted by Gasteiger charge is -2.27. The summed E-state index contributed by atoms with van der Waals surface area (Å²) in [7, 11) is 0. The van der Waals surface area contributed by atoms with E-state index in [1.165, 1.54) is 19.4 Å². The zero-order chi connectivity index (χ0) is 56.7. The number of imidazole rings is 1. The van der Waals surface area contributed by atoms with Crippen molar-refractivity contribution in [1.29, 1.82) is 0 Å². The summed E-state index contributed by atoms with van der Waals surface area (Å²) in [6.07, 6.45) is 4.13. The molecule has 0 unspecified atom stereocenters. The SMILES string of the molecule is CC(=O)N[C@@H](CCCN=C(N)N)C(=O)N[C@H]1CCCCC(=O)CC[C@@H](C(N)=O)NC(=O)[C@H](Cc2c[nH]c3ccccc23)CC(=O)[C@H](CCCN=C(N)N)CC(=O)[C@@H](Cc2ccccc2Cl)NC(=O)[C@H](Cc2cnc[nH]2)NC1=O. The van der Waals surface area contributed by atoms with Crippen molar-refractivity contribution >= 4 is 87.2 Å². The second kappa shape index (κ2) is 30.6. The van der Waals surface area contributed by atoms with Gasteiger partial charge in [-0.05, 0) is 74.6 Å². The average Bonchev–Trinajstić information content (AvgIpc) is 4.07. The van der Waals surface area contributed by atoms with Crippen LogP contribution in [0.25, 0.3) is 10.9 Å². The number of benzene rings is 2. The Morgan fingerprint density at radius 1 is 0.731 bits per heavy atom. The molecule has 4 aromatic rings. The standard InChI is InChI=1S/C53H72ClN15O9/c1-30(70)65-41(17-9-21-62-53(58)59)49(76)67-42-16-6-3-12-36(71)18-19-40(47(55)74)66-48(75)33(22-34-27-63-39-15-7-4-13-37(34)39)25-45(72)32(11-8-20-61-52(56)57)24-46(73)43(23-31-10-2-5-14-38(31)54)68-51(78)44(69-50(42)77)26-35-28-60-29-64-35/h2,4-5,7,10,13-15,27-29,32-33,40-44,63H,3,6,8-9,11-12,16-26H2,1H3,(H2,55,74)(H,60,64)(H,65,70)(H,66,75)(H,67,76)(H,68,78)(H,69,77)(H4,56,57,61)(H4,58,59,62)/t32-,33-,40+,41+,42+,43-,44+/m1/s1. The number of hydrogen-bond donors (Lipinski definition) is 12. The van der Waals surface area contributed by atoms with Gasteiger partial charge in [-0.15, -0.1) is 0 Å². The zero-order valence-electron chi connectivity index (χ0n) is 43.7. The first-order valence-electron chi connectivity index (χ1n) is 26.0. The van der Waals surface area contributed by atoms with E-state index in [-0.39, 0.29) is 119 Å². The van der Waals surface area contributed by atoms with E-state index in [9.17, 15) is 43.2 Å². The molecular formula is C53H72ClN15O9. The van der Waals surface area contributed by atoms with Crippen molar-refractivity contribution < 1.29 is 43.2 Å². The number of guanidine groups is 2. The van der Waals surface area contributed by atoms with E-state index in [2.05, 4.69) is 51.5 Å². The Morgan fingerprint density at radius 3 is 2.12 bits per heavy atom. The number of nitrogens with two attached hydrogens (primary N) is 5. The van der Waals surface area contributed by atoms with Crippen LogP contribution in [0.3, 0.4) is 0 Å². The molecule has 2 aromatic heterocycles. The third-order valence-corrected chi connectivity index (χ3v) is 13.8. The summed E-state index contributed by atoms with van der Waals surface area (Å²) in [6.45, 7) is 1.47. The molecule has 7 atom stereocenters. The van der Waals surface area contributed by atoms with Crippen LogP contribution in [0, 0.1) is 11.8 Å². The van der Waals surface area contributed by atoms with Crippen LogP contribution in [0.4, 0.5) is 0 Å². The summed E-state index contributed by atoms with van der Waals surface area (Å²) in [4.78, 5) is 144. The molecular weight excluding hydrogens is 1030 g/mol. The largest absolute Gasteiger partial charge is 0.370 e. The molecule has 1 saturated heterocycles. The second-order valence-electron chi connectivity index (χ2n) is 19.5. The number of halogens is 1. The Labute approximate surface area is 456 Å². The first-order valence-corrected chi connectivity index (χ1v) is 26.4. The summed E-state index contributed by atoms with van der Waals surface area (Å²) < 4.78 is 0. The number of nitrogens with zero attached hydrogens (tertiary/aromatic N) is 3. The second-order valence-corrected chi connectivity index (χ2v) is 19.9. The van der Waals surface area contributed by atoms with Gasteiger partial charge in [0.05, 0.1) is 12.4 Å². The molecule has 1 fully saturated rings. The number of carbonyl (C=O) groups excluding carboxylic acids is 9. The van der Waals surface area contributed by atoms with E-state index in [0.717, 1.165) is 10.9 Å². The number of fused-ring (bicyclic) bond motifs is 1. The van der Waals surface area contributed by atoms with Crippen molar-refractivity contribution in [3.8, 4) is 0 Å². The van der Waals surface area contributed by atoms with E-state index in [4.69, 9.17) is 40.3 Å². The molecule has 6 amide bonds. The number of Topliss-reactive ketones (excluding diaryl/α,β-unsaturated/α-hetero) is 3. The Kier molecular flexibility index (Phi) is 23.8. The number of para-hydroxylation sites is 1. The molecule has 1 aliphatic heterocycles. The maximum Gasteiger partial charge on any atom is 0.243 e. The normalized spacial score (nSPS) is 21.1. The number of primary amides is 1. The van der Waals surface area contributed by atoms with Crippen molar-refractivity contribution in [3.63, 3.8) is 0 Å². The van der Waals surface area contributed by atoms with E-state index >= 15 is 0 Å². The predicted molar refractivity (Wildman–Crippen MR) is 293 cm³/mol. The van der Waals surface area contributed by atoms with E-state index in [1.807, 2.05) is 24.3 Å². The van der Waals surface area contributed by atoms with Gasteiger partial charge in [-0.1, -0.05) is 54.4 Å². The molecule has 78 heavy (non-hydrogen) atoms. The van der Waals surface area contributed by atoms with Crippen molar-refractivity contribution in [1.82, 2.24) is 41.5 Å². The van der Waals surface area contributed by atoms with Crippen LogP contribution in [0.2, 0.25) is 5.02 Å². The summed E-state index contributed by atoms with van der Waals surface area (Å²) in [6, 6.07) is 7.56. The van der Waals surface area contributed by atoms with Gasteiger partial charge < -0.3 is 65.2 Å².